The topological polar surface area (TPSA) is 47.3 Å². The summed E-state index contributed by atoms with van der Waals surface area (Å²) in [7, 11) is 1.89. The minimum Gasteiger partial charge on any atom is -0.494 e. The highest BCUT2D eigenvalue weighted by Crippen LogP contribution is 2.27. The molecule has 1 heterocycles. The molecule has 4 nitrogen and oxygen atoms in total. The Morgan fingerprint density at radius 2 is 2.00 bits per heavy atom. The van der Waals surface area contributed by atoms with Gasteiger partial charge in [-0.1, -0.05) is 5.16 Å². The normalized spacial score (nSPS) is 10.6. The summed E-state index contributed by atoms with van der Waals surface area (Å²) in [6, 6.07) is 7.86. The summed E-state index contributed by atoms with van der Waals surface area (Å²) in [6.07, 6.45) is 0. The third-order valence-corrected chi connectivity index (χ3v) is 2.79. The monoisotopic (exact) mass is 246 g/mol. The number of nitrogens with zero attached hydrogens (tertiary/aromatic N) is 1. The zero-order valence-corrected chi connectivity index (χ0v) is 11.0. The molecule has 1 aromatic heterocycles. The van der Waals surface area contributed by atoms with Gasteiger partial charge < -0.3 is 14.6 Å². The number of hydrogen-bond acceptors (Lipinski definition) is 4. The van der Waals surface area contributed by atoms with Gasteiger partial charge >= 0.3 is 0 Å². The van der Waals surface area contributed by atoms with Crippen molar-refractivity contribution < 1.29 is 9.26 Å². The molecule has 0 unspecified atom stereocenters. The maximum absolute atomic E-state index is 5.41. The van der Waals surface area contributed by atoms with Crippen LogP contribution in [0.1, 0.15) is 18.2 Å². The molecule has 0 spiro atoms. The summed E-state index contributed by atoms with van der Waals surface area (Å²) in [5.41, 5.74) is 3.04. The molecule has 0 radical (unpaired) electrons. The van der Waals surface area contributed by atoms with Crippen molar-refractivity contribution in [3.8, 4) is 17.1 Å². The molecule has 0 aliphatic heterocycles. The van der Waals surface area contributed by atoms with Crippen LogP contribution >= 0.6 is 0 Å². The van der Waals surface area contributed by atoms with Gasteiger partial charge in [0.15, 0.2) is 5.76 Å². The van der Waals surface area contributed by atoms with Crippen molar-refractivity contribution in [3.05, 3.63) is 35.5 Å². The summed E-state index contributed by atoms with van der Waals surface area (Å²) in [6.45, 7) is 5.38. The van der Waals surface area contributed by atoms with Crippen LogP contribution in [0.4, 0.5) is 0 Å². The lowest BCUT2D eigenvalue weighted by atomic mass is 10.1. The number of rotatable bonds is 5. The smallest absolute Gasteiger partial charge is 0.170 e. The predicted octanol–water partition coefficient (Wildman–Crippen LogP) is 2.77. The SMILES string of the molecule is CCOc1ccc(-c2onc(CNC)c2C)cc1. The second-order valence-corrected chi connectivity index (χ2v) is 4.07. The molecule has 0 atom stereocenters. The summed E-state index contributed by atoms with van der Waals surface area (Å²) in [5, 5.41) is 7.14. The molecule has 0 bridgehead atoms. The maximum Gasteiger partial charge on any atom is 0.170 e. The number of aromatic nitrogens is 1. The molecule has 2 rings (SSSR count). The van der Waals surface area contributed by atoms with E-state index in [4.69, 9.17) is 9.26 Å². The Labute approximate surface area is 107 Å². The fourth-order valence-electron chi connectivity index (χ4n) is 1.84. The van der Waals surface area contributed by atoms with Crippen LogP contribution in [0.15, 0.2) is 28.8 Å². The first-order valence-corrected chi connectivity index (χ1v) is 6.09. The van der Waals surface area contributed by atoms with E-state index in [-0.39, 0.29) is 0 Å². The lowest BCUT2D eigenvalue weighted by Crippen LogP contribution is -2.06. The van der Waals surface area contributed by atoms with Crippen LogP contribution in [0.25, 0.3) is 11.3 Å². The average Bonchev–Trinajstić information content (AvgIpc) is 2.73. The Morgan fingerprint density at radius 3 is 2.61 bits per heavy atom. The van der Waals surface area contributed by atoms with Gasteiger partial charge in [0.05, 0.1) is 6.61 Å². The Bertz CT molecular complexity index is 503. The summed E-state index contributed by atoms with van der Waals surface area (Å²) >= 11 is 0. The standard InChI is InChI=1S/C14H18N2O2/c1-4-17-12-7-5-11(6-8-12)14-10(2)13(9-15-3)16-18-14/h5-8,15H,4,9H2,1-3H3. The van der Waals surface area contributed by atoms with Gasteiger partial charge in [0.1, 0.15) is 11.4 Å². The molecule has 0 fully saturated rings. The van der Waals surface area contributed by atoms with Gasteiger partial charge in [-0.3, -0.25) is 0 Å². The van der Waals surface area contributed by atoms with Gasteiger partial charge in [0, 0.05) is 17.7 Å². The van der Waals surface area contributed by atoms with Gasteiger partial charge in [-0.05, 0) is 45.2 Å². The summed E-state index contributed by atoms with van der Waals surface area (Å²) in [4.78, 5) is 0. The fourth-order valence-corrected chi connectivity index (χ4v) is 1.84. The van der Waals surface area contributed by atoms with Crippen LogP contribution in [0.2, 0.25) is 0 Å². The van der Waals surface area contributed by atoms with Gasteiger partial charge in [0.25, 0.3) is 0 Å². The number of nitrogens with one attached hydrogen (secondary N) is 1. The van der Waals surface area contributed by atoms with Crippen molar-refractivity contribution in [2.45, 2.75) is 20.4 Å². The van der Waals surface area contributed by atoms with E-state index in [9.17, 15) is 0 Å². The molecule has 0 aliphatic carbocycles. The van der Waals surface area contributed by atoms with Crippen molar-refractivity contribution in [2.75, 3.05) is 13.7 Å². The molecule has 18 heavy (non-hydrogen) atoms. The minimum atomic E-state index is 0.674. The van der Waals surface area contributed by atoms with Gasteiger partial charge in [-0.2, -0.15) is 0 Å². The predicted molar refractivity (Wildman–Crippen MR) is 70.6 cm³/mol. The zero-order chi connectivity index (χ0) is 13.0. The third kappa shape index (κ3) is 2.54. The van der Waals surface area contributed by atoms with Crippen LogP contribution < -0.4 is 10.1 Å². The number of hydrogen-bond donors (Lipinski definition) is 1. The molecule has 4 heteroatoms. The van der Waals surface area contributed by atoms with Crippen molar-refractivity contribution in [1.82, 2.24) is 10.5 Å². The van der Waals surface area contributed by atoms with E-state index >= 15 is 0 Å². The van der Waals surface area contributed by atoms with Crippen LogP contribution in [0.5, 0.6) is 5.75 Å². The Morgan fingerprint density at radius 1 is 1.28 bits per heavy atom. The molecule has 0 aliphatic rings. The second-order valence-electron chi connectivity index (χ2n) is 4.07. The van der Waals surface area contributed by atoms with E-state index in [0.717, 1.165) is 28.3 Å². The van der Waals surface area contributed by atoms with Crippen LogP contribution in [0, 0.1) is 6.92 Å². The van der Waals surface area contributed by atoms with Gasteiger partial charge in [-0.15, -0.1) is 0 Å². The van der Waals surface area contributed by atoms with Crippen LogP contribution in [-0.2, 0) is 6.54 Å². The molecule has 0 saturated carbocycles. The van der Waals surface area contributed by atoms with Crippen molar-refractivity contribution >= 4 is 0 Å². The highest BCUT2D eigenvalue weighted by molar-refractivity contribution is 5.62. The maximum atomic E-state index is 5.41. The average molecular weight is 246 g/mol. The first-order chi connectivity index (χ1) is 8.76. The molecule has 2 aromatic rings. The van der Waals surface area contributed by atoms with E-state index in [1.165, 1.54) is 0 Å². The second kappa shape index (κ2) is 5.69. The first-order valence-electron chi connectivity index (χ1n) is 6.09. The van der Waals surface area contributed by atoms with E-state index < -0.39 is 0 Å². The number of ether oxygens (including phenoxy) is 1. The van der Waals surface area contributed by atoms with Crippen LogP contribution in [0.3, 0.4) is 0 Å². The van der Waals surface area contributed by atoms with Crippen molar-refractivity contribution in [3.63, 3.8) is 0 Å². The third-order valence-electron chi connectivity index (χ3n) is 2.79. The molecule has 1 aromatic carbocycles. The minimum absolute atomic E-state index is 0.674. The van der Waals surface area contributed by atoms with E-state index in [1.54, 1.807) is 0 Å². The highest BCUT2D eigenvalue weighted by Gasteiger charge is 2.12. The van der Waals surface area contributed by atoms with E-state index in [0.29, 0.717) is 13.2 Å². The molecule has 0 saturated heterocycles. The Kier molecular flexibility index (Phi) is 3.99. The first kappa shape index (κ1) is 12.6. The Hall–Kier alpha value is -1.81. The van der Waals surface area contributed by atoms with Crippen molar-refractivity contribution in [1.29, 1.82) is 0 Å². The molecule has 0 amide bonds. The molecular formula is C14H18N2O2. The van der Waals surface area contributed by atoms with E-state index in [2.05, 4.69) is 10.5 Å². The van der Waals surface area contributed by atoms with Gasteiger partial charge in [0.2, 0.25) is 0 Å². The fraction of sp³-hybridized carbons (Fsp3) is 0.357. The van der Waals surface area contributed by atoms with Crippen molar-refractivity contribution in [2.24, 2.45) is 0 Å². The quantitative estimate of drug-likeness (QED) is 0.881. The molecular weight excluding hydrogens is 228 g/mol. The summed E-state index contributed by atoms with van der Waals surface area (Å²) < 4.78 is 10.8. The molecule has 96 valence electrons. The zero-order valence-electron chi connectivity index (χ0n) is 11.0. The van der Waals surface area contributed by atoms with E-state index in [1.807, 2.05) is 45.2 Å². The number of benzene rings is 1. The molecule has 1 N–H and O–H groups in total. The lowest BCUT2D eigenvalue weighted by Gasteiger charge is -2.03. The highest BCUT2D eigenvalue weighted by atomic mass is 16.5. The van der Waals surface area contributed by atoms with Crippen LogP contribution in [-0.4, -0.2) is 18.8 Å². The lowest BCUT2D eigenvalue weighted by molar-refractivity contribution is 0.340. The summed E-state index contributed by atoms with van der Waals surface area (Å²) in [5.74, 6) is 1.69. The Balaban J connectivity index is 2.25. The largest absolute Gasteiger partial charge is 0.494 e. The van der Waals surface area contributed by atoms with Gasteiger partial charge in [-0.25, -0.2) is 0 Å².